The fourth-order valence-electron chi connectivity index (χ4n) is 2.33. The Morgan fingerprint density at radius 2 is 1.81 bits per heavy atom. The largest absolute Gasteiger partial charge is 0.349 e. The van der Waals surface area contributed by atoms with Crippen molar-refractivity contribution in [3.63, 3.8) is 0 Å². The Morgan fingerprint density at radius 1 is 1.07 bits per heavy atom. The molecule has 0 saturated heterocycles. The summed E-state index contributed by atoms with van der Waals surface area (Å²) in [6.07, 6.45) is 4.25. The van der Waals surface area contributed by atoms with Crippen molar-refractivity contribution < 1.29 is 9.59 Å². The molecule has 0 heterocycles. The van der Waals surface area contributed by atoms with E-state index in [-0.39, 0.29) is 16.9 Å². The minimum atomic E-state index is -0.302. The minimum Gasteiger partial charge on any atom is -0.349 e. The van der Waals surface area contributed by atoms with Gasteiger partial charge in [-0.05, 0) is 48.0 Å². The first-order chi connectivity index (χ1) is 12.9. The standard InChI is InChI=1S/C21H23N3O2S/c1-24(2)20(26)14-12-17-9-6-10-18(15-17)22-21(27)23-19(25)13-11-16-7-4-3-5-8-16/h3-11,13,15H,12,14H2,1-2H3,(H2,22,23,25,27)/b13-11+. The van der Waals surface area contributed by atoms with Crippen LogP contribution < -0.4 is 10.6 Å². The number of nitrogens with zero attached hydrogens (tertiary/aromatic N) is 1. The third kappa shape index (κ3) is 7.42. The van der Waals surface area contributed by atoms with E-state index in [1.54, 1.807) is 25.1 Å². The van der Waals surface area contributed by atoms with Crippen molar-refractivity contribution in [3.8, 4) is 0 Å². The van der Waals surface area contributed by atoms with Crippen LogP contribution in [-0.4, -0.2) is 35.9 Å². The van der Waals surface area contributed by atoms with Crippen molar-refractivity contribution >= 4 is 40.9 Å². The number of carbonyl (C=O) groups is 2. The summed E-state index contributed by atoms with van der Waals surface area (Å²) >= 11 is 5.19. The van der Waals surface area contributed by atoms with Gasteiger partial charge in [0, 0.05) is 32.3 Å². The first-order valence-corrected chi connectivity index (χ1v) is 8.99. The average Bonchev–Trinajstić information content (AvgIpc) is 2.65. The smallest absolute Gasteiger partial charge is 0.250 e. The molecule has 0 atom stereocenters. The van der Waals surface area contributed by atoms with Crippen molar-refractivity contribution in [3.05, 3.63) is 71.8 Å². The van der Waals surface area contributed by atoms with Gasteiger partial charge in [0.05, 0.1) is 0 Å². The Bertz CT molecular complexity index is 832. The molecular formula is C21H23N3O2S. The van der Waals surface area contributed by atoms with Crippen molar-refractivity contribution in [1.29, 1.82) is 0 Å². The van der Waals surface area contributed by atoms with E-state index in [1.165, 1.54) is 6.08 Å². The van der Waals surface area contributed by atoms with Gasteiger partial charge in [0.2, 0.25) is 11.8 Å². The van der Waals surface area contributed by atoms with E-state index in [2.05, 4.69) is 10.6 Å². The van der Waals surface area contributed by atoms with E-state index < -0.39 is 0 Å². The van der Waals surface area contributed by atoms with Crippen molar-refractivity contribution in [2.75, 3.05) is 19.4 Å². The van der Waals surface area contributed by atoms with E-state index in [0.717, 1.165) is 16.8 Å². The zero-order chi connectivity index (χ0) is 19.6. The second kappa shape index (κ2) is 10.2. The van der Waals surface area contributed by atoms with E-state index in [0.29, 0.717) is 12.8 Å². The molecule has 0 radical (unpaired) electrons. The van der Waals surface area contributed by atoms with Gasteiger partial charge in [-0.2, -0.15) is 0 Å². The molecule has 0 aliphatic heterocycles. The van der Waals surface area contributed by atoms with Crippen LogP contribution in [0.1, 0.15) is 17.5 Å². The summed E-state index contributed by atoms with van der Waals surface area (Å²) in [5.41, 5.74) is 2.72. The highest BCUT2D eigenvalue weighted by molar-refractivity contribution is 7.80. The maximum absolute atomic E-state index is 12.0. The fraction of sp³-hybridized carbons (Fsp3) is 0.190. The Kier molecular flexibility index (Phi) is 7.70. The molecule has 0 aliphatic carbocycles. The highest BCUT2D eigenvalue weighted by Gasteiger charge is 2.06. The number of nitrogens with one attached hydrogen (secondary N) is 2. The molecule has 0 saturated carbocycles. The molecule has 0 spiro atoms. The molecule has 2 rings (SSSR count). The number of amides is 2. The summed E-state index contributed by atoms with van der Waals surface area (Å²) in [6, 6.07) is 17.2. The van der Waals surface area contributed by atoms with Crippen LogP contribution in [0.15, 0.2) is 60.7 Å². The molecule has 0 aromatic heterocycles. The first-order valence-electron chi connectivity index (χ1n) is 8.58. The van der Waals surface area contributed by atoms with Crippen LogP contribution in [0.4, 0.5) is 5.69 Å². The van der Waals surface area contributed by atoms with Gasteiger partial charge in [0.15, 0.2) is 5.11 Å². The first kappa shape index (κ1) is 20.3. The number of thiocarbonyl (C=S) groups is 1. The average molecular weight is 382 g/mol. The minimum absolute atomic E-state index is 0.0846. The topological polar surface area (TPSA) is 61.4 Å². The summed E-state index contributed by atoms with van der Waals surface area (Å²) < 4.78 is 0. The van der Waals surface area contributed by atoms with E-state index in [4.69, 9.17) is 12.2 Å². The Hall–Kier alpha value is -2.99. The summed E-state index contributed by atoms with van der Waals surface area (Å²) in [4.78, 5) is 25.2. The molecule has 0 aliphatic rings. The highest BCUT2D eigenvalue weighted by Crippen LogP contribution is 2.12. The lowest BCUT2D eigenvalue weighted by Gasteiger charge is -2.11. The molecule has 27 heavy (non-hydrogen) atoms. The van der Waals surface area contributed by atoms with Gasteiger partial charge >= 0.3 is 0 Å². The number of carbonyl (C=O) groups excluding carboxylic acids is 2. The summed E-state index contributed by atoms with van der Waals surface area (Å²) in [6.45, 7) is 0. The van der Waals surface area contributed by atoms with Gasteiger partial charge in [-0.3, -0.25) is 14.9 Å². The lowest BCUT2D eigenvalue weighted by molar-refractivity contribution is -0.128. The zero-order valence-corrected chi connectivity index (χ0v) is 16.3. The maximum Gasteiger partial charge on any atom is 0.250 e. The predicted molar refractivity (Wildman–Crippen MR) is 113 cm³/mol. The Balaban J connectivity index is 1.86. The number of benzene rings is 2. The Morgan fingerprint density at radius 3 is 2.52 bits per heavy atom. The molecule has 5 nitrogen and oxygen atoms in total. The molecule has 2 aromatic rings. The molecular weight excluding hydrogens is 358 g/mol. The summed E-state index contributed by atoms with van der Waals surface area (Å²) in [7, 11) is 3.49. The zero-order valence-electron chi connectivity index (χ0n) is 15.4. The van der Waals surface area contributed by atoms with Crippen LogP contribution in [0.2, 0.25) is 0 Å². The van der Waals surface area contributed by atoms with Crippen molar-refractivity contribution in [2.45, 2.75) is 12.8 Å². The van der Waals surface area contributed by atoms with Crippen LogP contribution in [0.5, 0.6) is 0 Å². The SMILES string of the molecule is CN(C)C(=O)CCc1cccc(NC(=S)NC(=O)/C=C/c2ccccc2)c1. The van der Waals surface area contributed by atoms with Crippen LogP contribution >= 0.6 is 12.2 Å². The Labute approximate surface area is 165 Å². The quantitative estimate of drug-likeness (QED) is 0.596. The van der Waals surface area contributed by atoms with Gasteiger partial charge in [-0.25, -0.2) is 0 Å². The fourth-order valence-corrected chi connectivity index (χ4v) is 2.55. The number of rotatable bonds is 6. The van der Waals surface area contributed by atoms with Gasteiger partial charge in [0.1, 0.15) is 0 Å². The summed E-state index contributed by atoms with van der Waals surface area (Å²) in [5, 5.41) is 5.83. The summed E-state index contributed by atoms with van der Waals surface area (Å²) in [5.74, 6) is -0.217. The van der Waals surface area contributed by atoms with Gasteiger partial charge in [0.25, 0.3) is 0 Å². The molecule has 6 heteroatoms. The number of aryl methyl sites for hydroxylation is 1. The third-order valence-corrected chi connectivity index (χ3v) is 3.98. The van der Waals surface area contributed by atoms with Gasteiger partial charge in [-0.1, -0.05) is 42.5 Å². The predicted octanol–water partition coefficient (Wildman–Crippen LogP) is 3.23. The molecule has 140 valence electrons. The van der Waals surface area contributed by atoms with Crippen molar-refractivity contribution in [2.24, 2.45) is 0 Å². The van der Waals surface area contributed by atoms with Gasteiger partial charge < -0.3 is 10.2 Å². The lowest BCUT2D eigenvalue weighted by atomic mass is 10.1. The molecule has 0 bridgehead atoms. The molecule has 2 aromatic carbocycles. The molecule has 0 fully saturated rings. The highest BCUT2D eigenvalue weighted by atomic mass is 32.1. The van der Waals surface area contributed by atoms with Crippen LogP contribution in [-0.2, 0) is 16.0 Å². The van der Waals surface area contributed by atoms with Crippen LogP contribution in [0, 0.1) is 0 Å². The monoisotopic (exact) mass is 381 g/mol. The van der Waals surface area contributed by atoms with Crippen LogP contribution in [0.3, 0.4) is 0 Å². The lowest BCUT2D eigenvalue weighted by Crippen LogP contribution is -2.32. The third-order valence-electron chi connectivity index (χ3n) is 3.77. The normalized spacial score (nSPS) is 10.4. The second-order valence-corrected chi connectivity index (χ2v) is 6.58. The molecule has 2 amide bonds. The maximum atomic E-state index is 12.0. The number of anilines is 1. The number of hydrogen-bond acceptors (Lipinski definition) is 3. The number of hydrogen-bond donors (Lipinski definition) is 2. The second-order valence-electron chi connectivity index (χ2n) is 6.18. The van der Waals surface area contributed by atoms with Crippen LogP contribution in [0.25, 0.3) is 6.08 Å². The molecule has 2 N–H and O–H groups in total. The van der Waals surface area contributed by atoms with E-state index in [9.17, 15) is 9.59 Å². The van der Waals surface area contributed by atoms with E-state index >= 15 is 0 Å². The van der Waals surface area contributed by atoms with Crippen molar-refractivity contribution in [1.82, 2.24) is 10.2 Å². The van der Waals surface area contributed by atoms with E-state index in [1.807, 2.05) is 54.6 Å². The molecule has 0 unspecified atom stereocenters. The van der Waals surface area contributed by atoms with Gasteiger partial charge in [-0.15, -0.1) is 0 Å².